The largest absolute Gasteiger partial charge is 0.352 e. The molecule has 5 heteroatoms. The van der Waals surface area contributed by atoms with Crippen molar-refractivity contribution in [2.75, 3.05) is 7.05 Å². The minimum atomic E-state index is 0.0785. The average Bonchev–Trinajstić information content (AvgIpc) is 2.97. The monoisotopic (exact) mass is 328 g/mol. The van der Waals surface area contributed by atoms with Crippen LogP contribution < -0.4 is 5.32 Å². The molecule has 2 aromatic rings. The molecule has 1 N–H and O–H groups in total. The van der Waals surface area contributed by atoms with Crippen molar-refractivity contribution in [1.29, 1.82) is 0 Å². The van der Waals surface area contributed by atoms with Gasteiger partial charge in [-0.25, -0.2) is 0 Å². The van der Waals surface area contributed by atoms with E-state index in [1.807, 2.05) is 18.3 Å². The predicted molar refractivity (Wildman–Crippen MR) is 97.5 cm³/mol. The van der Waals surface area contributed by atoms with Crippen LogP contribution in [0.4, 0.5) is 0 Å². The lowest BCUT2D eigenvalue weighted by molar-refractivity contribution is 0.366. The maximum Gasteiger partial charge on any atom is 0.169 e. The lowest BCUT2D eigenvalue weighted by atomic mass is 9.97. The van der Waals surface area contributed by atoms with Crippen LogP contribution >= 0.6 is 12.2 Å². The van der Waals surface area contributed by atoms with E-state index in [0.717, 1.165) is 10.8 Å². The normalized spacial score (nSPS) is 21.1. The zero-order chi connectivity index (χ0) is 16.7. The van der Waals surface area contributed by atoms with Crippen molar-refractivity contribution in [3.8, 4) is 0 Å². The highest BCUT2D eigenvalue weighted by Gasteiger charge is 2.39. The first kappa shape index (κ1) is 16.0. The molecular formula is C18H24N4S. The molecule has 0 aromatic carbocycles. The summed E-state index contributed by atoms with van der Waals surface area (Å²) in [5.74, 6) is 0. The Hall–Kier alpha value is -1.88. The summed E-state index contributed by atoms with van der Waals surface area (Å²) in [5.41, 5.74) is 4.94. The Labute approximate surface area is 143 Å². The second kappa shape index (κ2) is 5.96. The van der Waals surface area contributed by atoms with Crippen molar-refractivity contribution >= 4 is 17.3 Å². The molecule has 4 nitrogen and oxygen atoms in total. The van der Waals surface area contributed by atoms with Gasteiger partial charge in [-0.05, 0) is 63.7 Å². The fourth-order valence-electron chi connectivity index (χ4n) is 3.74. The molecule has 0 amide bonds. The summed E-state index contributed by atoms with van der Waals surface area (Å²) in [7, 11) is 2.06. The number of likely N-dealkylation sites (N-methyl/N-ethyl adjacent to an activating group) is 1. The SMILES string of the molecule is Cc1cc(C2C(c3ccccn3)NC(=S)N2C)c(C)n1C(C)C. The summed E-state index contributed by atoms with van der Waals surface area (Å²) >= 11 is 5.51. The summed E-state index contributed by atoms with van der Waals surface area (Å²) in [5, 5.41) is 4.22. The first-order valence-electron chi connectivity index (χ1n) is 8.04. The molecule has 1 fully saturated rings. The van der Waals surface area contributed by atoms with Crippen LogP contribution in [0.3, 0.4) is 0 Å². The molecule has 0 saturated carbocycles. The summed E-state index contributed by atoms with van der Waals surface area (Å²) in [6.07, 6.45) is 1.84. The standard InChI is InChI=1S/C18H24N4S/c1-11(2)22-12(3)10-14(13(22)4)17-16(20-18(23)21(17)5)15-8-6-7-9-19-15/h6-11,16-17H,1-5H3,(H,20,23). The van der Waals surface area contributed by atoms with Gasteiger partial charge in [-0.2, -0.15) is 0 Å². The number of rotatable bonds is 3. The van der Waals surface area contributed by atoms with Gasteiger partial charge in [0, 0.05) is 30.7 Å². The molecule has 1 saturated heterocycles. The van der Waals surface area contributed by atoms with Gasteiger partial charge in [-0.15, -0.1) is 0 Å². The maximum absolute atomic E-state index is 5.51. The molecule has 3 rings (SSSR count). The number of pyridine rings is 1. The Morgan fingerprint density at radius 2 is 2.00 bits per heavy atom. The van der Waals surface area contributed by atoms with E-state index >= 15 is 0 Å². The second-order valence-corrected chi connectivity index (χ2v) is 6.91. The number of thiocarbonyl (C=S) groups is 1. The molecule has 23 heavy (non-hydrogen) atoms. The van der Waals surface area contributed by atoms with Gasteiger partial charge in [0.25, 0.3) is 0 Å². The molecule has 2 aromatic heterocycles. The van der Waals surface area contributed by atoms with Crippen LogP contribution in [-0.4, -0.2) is 26.6 Å². The van der Waals surface area contributed by atoms with Crippen molar-refractivity contribution < 1.29 is 0 Å². The van der Waals surface area contributed by atoms with Gasteiger partial charge >= 0.3 is 0 Å². The number of nitrogens with zero attached hydrogens (tertiary/aromatic N) is 3. The third-order valence-electron chi connectivity index (χ3n) is 4.70. The fourth-order valence-corrected chi connectivity index (χ4v) is 3.98. The number of hydrogen-bond acceptors (Lipinski definition) is 2. The molecule has 3 heterocycles. The number of nitrogens with one attached hydrogen (secondary N) is 1. The van der Waals surface area contributed by atoms with Crippen molar-refractivity contribution in [3.63, 3.8) is 0 Å². The fraction of sp³-hybridized carbons (Fsp3) is 0.444. The highest BCUT2D eigenvalue weighted by molar-refractivity contribution is 7.80. The third-order valence-corrected chi connectivity index (χ3v) is 5.10. The van der Waals surface area contributed by atoms with Crippen LogP contribution in [-0.2, 0) is 0 Å². The smallest absolute Gasteiger partial charge is 0.169 e. The zero-order valence-corrected chi connectivity index (χ0v) is 15.2. The van der Waals surface area contributed by atoms with Crippen molar-refractivity contribution in [2.24, 2.45) is 0 Å². The van der Waals surface area contributed by atoms with Crippen LogP contribution in [0.1, 0.15) is 54.6 Å². The van der Waals surface area contributed by atoms with Crippen molar-refractivity contribution in [2.45, 2.75) is 45.8 Å². The van der Waals surface area contributed by atoms with Gasteiger partial charge in [-0.1, -0.05) is 6.07 Å². The summed E-state index contributed by atoms with van der Waals surface area (Å²) in [4.78, 5) is 6.70. The molecule has 2 atom stereocenters. The Balaban J connectivity index is 2.09. The van der Waals surface area contributed by atoms with E-state index in [4.69, 9.17) is 12.2 Å². The highest BCUT2D eigenvalue weighted by atomic mass is 32.1. The van der Waals surface area contributed by atoms with Crippen molar-refractivity contribution in [3.05, 3.63) is 53.1 Å². The number of aryl methyl sites for hydroxylation is 1. The summed E-state index contributed by atoms with van der Waals surface area (Å²) in [6.45, 7) is 8.82. The van der Waals surface area contributed by atoms with Gasteiger partial charge < -0.3 is 14.8 Å². The first-order chi connectivity index (χ1) is 10.9. The van der Waals surface area contributed by atoms with Crippen LogP contribution in [0.25, 0.3) is 0 Å². The van der Waals surface area contributed by atoms with Crippen LogP contribution in [0, 0.1) is 13.8 Å². The van der Waals surface area contributed by atoms with Crippen LogP contribution in [0.15, 0.2) is 30.5 Å². The summed E-state index contributed by atoms with van der Waals surface area (Å²) in [6, 6.07) is 9.02. The quantitative estimate of drug-likeness (QED) is 0.871. The van der Waals surface area contributed by atoms with Gasteiger partial charge in [0.15, 0.2) is 5.11 Å². The minimum Gasteiger partial charge on any atom is -0.352 e. The van der Waals surface area contributed by atoms with Gasteiger partial charge in [0.1, 0.15) is 0 Å². The molecule has 0 spiro atoms. The van der Waals surface area contributed by atoms with E-state index in [-0.39, 0.29) is 12.1 Å². The highest BCUT2D eigenvalue weighted by Crippen LogP contribution is 2.40. The van der Waals surface area contributed by atoms with Gasteiger partial charge in [0.05, 0.1) is 17.8 Å². The molecule has 1 aliphatic rings. The van der Waals surface area contributed by atoms with Crippen molar-refractivity contribution in [1.82, 2.24) is 19.8 Å². The molecule has 2 unspecified atom stereocenters. The van der Waals surface area contributed by atoms with Gasteiger partial charge in [-0.3, -0.25) is 4.98 Å². The van der Waals surface area contributed by atoms with Crippen LogP contribution in [0.5, 0.6) is 0 Å². The minimum absolute atomic E-state index is 0.0785. The lowest BCUT2D eigenvalue weighted by Gasteiger charge is -2.25. The lowest BCUT2D eigenvalue weighted by Crippen LogP contribution is -2.25. The molecule has 1 aliphatic heterocycles. The molecule has 122 valence electrons. The van der Waals surface area contributed by atoms with E-state index in [1.54, 1.807) is 0 Å². The van der Waals surface area contributed by atoms with Crippen LogP contribution in [0.2, 0.25) is 0 Å². The number of hydrogen-bond donors (Lipinski definition) is 1. The van der Waals surface area contributed by atoms with E-state index in [2.05, 4.69) is 66.6 Å². The maximum atomic E-state index is 5.51. The number of aromatic nitrogens is 2. The Bertz CT molecular complexity index is 720. The summed E-state index contributed by atoms with van der Waals surface area (Å²) < 4.78 is 2.39. The molecule has 0 bridgehead atoms. The van der Waals surface area contributed by atoms with Gasteiger partial charge in [0.2, 0.25) is 0 Å². The first-order valence-corrected chi connectivity index (χ1v) is 8.45. The Morgan fingerprint density at radius 3 is 2.57 bits per heavy atom. The Morgan fingerprint density at radius 1 is 1.26 bits per heavy atom. The molecule has 0 aliphatic carbocycles. The van der Waals surface area contributed by atoms with E-state index in [0.29, 0.717) is 6.04 Å². The Kier molecular flexibility index (Phi) is 4.15. The molecular weight excluding hydrogens is 304 g/mol. The second-order valence-electron chi connectivity index (χ2n) is 6.53. The predicted octanol–water partition coefficient (Wildman–Crippen LogP) is 3.68. The van der Waals surface area contributed by atoms with E-state index in [9.17, 15) is 0 Å². The topological polar surface area (TPSA) is 33.1 Å². The molecule has 0 radical (unpaired) electrons. The zero-order valence-electron chi connectivity index (χ0n) is 14.4. The third kappa shape index (κ3) is 2.63. The average molecular weight is 328 g/mol. The van der Waals surface area contributed by atoms with E-state index < -0.39 is 0 Å². The van der Waals surface area contributed by atoms with E-state index in [1.165, 1.54) is 17.0 Å².